The molecule has 0 heterocycles. The normalized spacial score (nSPS) is 51.1. The average Bonchev–Trinajstić information content (AvgIpc) is 2.60. The number of hydrogen-bond donors (Lipinski definition) is 1. The molecule has 3 aliphatic carbocycles. The van der Waals surface area contributed by atoms with Crippen LogP contribution in [-0.2, 0) is 4.79 Å². The predicted octanol–water partition coefficient (Wildman–Crippen LogP) is 2.81. The van der Waals surface area contributed by atoms with E-state index in [4.69, 9.17) is 0 Å². The van der Waals surface area contributed by atoms with Crippen LogP contribution in [-0.4, -0.2) is 16.5 Å². The van der Waals surface area contributed by atoms with Crippen LogP contribution < -0.4 is 0 Å². The van der Waals surface area contributed by atoms with Crippen LogP contribution in [0.1, 0.15) is 40.5 Å². The van der Waals surface area contributed by atoms with Gasteiger partial charge in [0.1, 0.15) is 5.78 Å². The van der Waals surface area contributed by atoms with Crippen LogP contribution in [0.3, 0.4) is 0 Å². The molecule has 2 nitrogen and oxygen atoms in total. The fraction of sp³-hybridized carbons (Fsp3) is 0.812. The highest BCUT2D eigenvalue weighted by molar-refractivity contribution is 5.92. The van der Waals surface area contributed by atoms with Crippen molar-refractivity contribution in [2.45, 2.75) is 46.1 Å². The summed E-state index contributed by atoms with van der Waals surface area (Å²) in [5.41, 5.74) is 0.322. The summed E-state index contributed by atoms with van der Waals surface area (Å²) in [5.74, 6) is 1.91. The lowest BCUT2D eigenvalue weighted by Crippen LogP contribution is -2.45. The molecule has 3 aliphatic rings. The molecule has 0 aliphatic heterocycles. The quantitative estimate of drug-likeness (QED) is 0.725. The summed E-state index contributed by atoms with van der Waals surface area (Å²) in [5, 5.41) is 10.4. The van der Waals surface area contributed by atoms with Crippen LogP contribution in [0.5, 0.6) is 0 Å². The molecule has 2 heteroatoms. The Morgan fingerprint density at radius 1 is 1.44 bits per heavy atom. The molecule has 3 saturated carbocycles. The van der Waals surface area contributed by atoms with Gasteiger partial charge >= 0.3 is 0 Å². The summed E-state index contributed by atoms with van der Waals surface area (Å²) >= 11 is 0. The monoisotopic (exact) mass is 248 g/mol. The molecule has 0 aromatic carbocycles. The number of hydrogen-bond acceptors (Lipinski definition) is 2. The van der Waals surface area contributed by atoms with Gasteiger partial charge in [0, 0.05) is 11.3 Å². The van der Waals surface area contributed by atoms with E-state index < -0.39 is 5.60 Å². The summed E-state index contributed by atoms with van der Waals surface area (Å²) in [4.78, 5) is 12.7. The van der Waals surface area contributed by atoms with Crippen LogP contribution in [0.4, 0.5) is 0 Å². The molecule has 0 aromatic heterocycles. The molecule has 6 atom stereocenters. The molecule has 3 rings (SSSR count). The van der Waals surface area contributed by atoms with E-state index in [1.165, 1.54) is 5.57 Å². The molecule has 0 saturated heterocycles. The van der Waals surface area contributed by atoms with E-state index in [2.05, 4.69) is 20.4 Å². The van der Waals surface area contributed by atoms with Gasteiger partial charge in [0.2, 0.25) is 0 Å². The van der Waals surface area contributed by atoms with Gasteiger partial charge in [-0.3, -0.25) is 4.79 Å². The van der Waals surface area contributed by atoms with Gasteiger partial charge in [-0.2, -0.15) is 0 Å². The minimum absolute atomic E-state index is 0.163. The third kappa shape index (κ3) is 1.25. The Bertz CT molecular complexity index is 431. The standard InChI is InChI=1S/C16H24O2/c1-8-6-9(2)13-12-10(15(3,4)18)7-16(13,5)14(17)11(8)12/h8,10-13,18H,2,6-7H2,1,3-5H3/t8-,10?,11-,12-,13+,16-/m0/s1. The van der Waals surface area contributed by atoms with Gasteiger partial charge in [0.25, 0.3) is 0 Å². The molecule has 18 heavy (non-hydrogen) atoms. The number of ketones is 1. The van der Waals surface area contributed by atoms with Crippen LogP contribution in [0.25, 0.3) is 0 Å². The first kappa shape index (κ1) is 12.4. The Labute approximate surface area is 109 Å². The zero-order valence-corrected chi connectivity index (χ0v) is 11.9. The minimum Gasteiger partial charge on any atom is -0.390 e. The molecule has 0 radical (unpaired) electrons. The summed E-state index contributed by atoms with van der Waals surface area (Å²) in [7, 11) is 0. The molecular formula is C16H24O2. The second kappa shape index (κ2) is 3.27. The highest BCUT2D eigenvalue weighted by atomic mass is 16.3. The van der Waals surface area contributed by atoms with Crippen molar-refractivity contribution in [2.75, 3.05) is 0 Å². The minimum atomic E-state index is -0.684. The van der Waals surface area contributed by atoms with Crippen LogP contribution in [0.15, 0.2) is 12.2 Å². The van der Waals surface area contributed by atoms with E-state index in [0.717, 1.165) is 12.8 Å². The molecule has 0 amide bonds. The van der Waals surface area contributed by atoms with Crippen molar-refractivity contribution in [1.29, 1.82) is 0 Å². The van der Waals surface area contributed by atoms with Gasteiger partial charge in [-0.15, -0.1) is 0 Å². The number of carbonyl (C=O) groups excluding carboxylic acids is 1. The van der Waals surface area contributed by atoms with Gasteiger partial charge in [-0.05, 0) is 50.4 Å². The maximum Gasteiger partial charge on any atom is 0.143 e. The number of rotatable bonds is 1. The van der Waals surface area contributed by atoms with E-state index >= 15 is 0 Å². The summed E-state index contributed by atoms with van der Waals surface area (Å²) in [6.07, 6.45) is 1.83. The van der Waals surface area contributed by atoms with Crippen LogP contribution >= 0.6 is 0 Å². The van der Waals surface area contributed by atoms with Crippen LogP contribution in [0, 0.1) is 35.0 Å². The number of allylic oxidation sites excluding steroid dienone is 1. The van der Waals surface area contributed by atoms with E-state index in [0.29, 0.717) is 23.5 Å². The predicted molar refractivity (Wildman–Crippen MR) is 70.9 cm³/mol. The lowest BCUT2D eigenvalue weighted by Gasteiger charge is -2.42. The maximum absolute atomic E-state index is 12.7. The first-order chi connectivity index (χ1) is 8.18. The first-order valence-electron chi connectivity index (χ1n) is 7.12. The zero-order valence-electron chi connectivity index (χ0n) is 11.9. The van der Waals surface area contributed by atoms with Crippen LogP contribution in [0.2, 0.25) is 0 Å². The summed E-state index contributed by atoms with van der Waals surface area (Å²) in [6, 6.07) is 0. The summed E-state index contributed by atoms with van der Waals surface area (Å²) < 4.78 is 0. The fourth-order valence-corrected chi connectivity index (χ4v) is 5.39. The molecule has 4 bridgehead atoms. The smallest absolute Gasteiger partial charge is 0.143 e. The number of aliphatic hydroxyl groups is 1. The van der Waals surface area contributed by atoms with Gasteiger partial charge < -0.3 is 5.11 Å². The van der Waals surface area contributed by atoms with Gasteiger partial charge in [0.15, 0.2) is 0 Å². The molecule has 1 unspecified atom stereocenters. The SMILES string of the molecule is C=C1C[C@H](C)[C@@H]2C(=O)[C@@]3(C)CC(C(C)(C)O)[C@@H]2[C@@H]13. The highest BCUT2D eigenvalue weighted by Gasteiger charge is 2.70. The first-order valence-corrected chi connectivity index (χ1v) is 7.12. The Kier molecular flexibility index (Phi) is 2.26. The largest absolute Gasteiger partial charge is 0.390 e. The average molecular weight is 248 g/mol. The molecule has 0 spiro atoms. The lowest BCUT2D eigenvalue weighted by atomic mass is 9.64. The van der Waals surface area contributed by atoms with E-state index in [1.54, 1.807) is 0 Å². The van der Waals surface area contributed by atoms with Crippen molar-refractivity contribution in [1.82, 2.24) is 0 Å². The van der Waals surface area contributed by atoms with Crippen molar-refractivity contribution >= 4 is 5.78 Å². The molecule has 100 valence electrons. The third-order valence-corrected chi connectivity index (χ3v) is 6.00. The van der Waals surface area contributed by atoms with E-state index in [1.807, 2.05) is 13.8 Å². The van der Waals surface area contributed by atoms with Crippen molar-refractivity contribution in [3.05, 3.63) is 12.2 Å². The van der Waals surface area contributed by atoms with Crippen molar-refractivity contribution in [3.63, 3.8) is 0 Å². The van der Waals surface area contributed by atoms with Gasteiger partial charge in [0.05, 0.1) is 5.60 Å². The summed E-state index contributed by atoms with van der Waals surface area (Å²) in [6.45, 7) is 12.3. The Morgan fingerprint density at radius 3 is 2.61 bits per heavy atom. The van der Waals surface area contributed by atoms with Crippen molar-refractivity contribution < 1.29 is 9.90 Å². The van der Waals surface area contributed by atoms with Gasteiger partial charge in [-0.25, -0.2) is 0 Å². The molecule has 1 N–H and O–H groups in total. The van der Waals surface area contributed by atoms with Crippen molar-refractivity contribution in [2.24, 2.45) is 35.0 Å². The Morgan fingerprint density at radius 2 is 2.06 bits per heavy atom. The van der Waals surface area contributed by atoms with Crippen molar-refractivity contribution in [3.8, 4) is 0 Å². The second-order valence-corrected chi connectivity index (χ2v) is 7.67. The highest BCUT2D eigenvalue weighted by Crippen LogP contribution is 2.69. The molecule has 0 aromatic rings. The number of Topliss-reactive ketones (excluding diaryl/α,β-unsaturated/α-hetero) is 1. The topological polar surface area (TPSA) is 37.3 Å². The molecule has 3 fully saturated rings. The van der Waals surface area contributed by atoms with E-state index in [-0.39, 0.29) is 17.3 Å². The van der Waals surface area contributed by atoms with E-state index in [9.17, 15) is 9.90 Å². The maximum atomic E-state index is 12.7. The third-order valence-electron chi connectivity index (χ3n) is 6.00. The Hall–Kier alpha value is -0.630. The number of carbonyl (C=O) groups is 1. The lowest BCUT2D eigenvalue weighted by molar-refractivity contribution is -0.136. The zero-order chi connectivity index (χ0) is 13.5. The Balaban J connectivity index is 2.11. The van der Waals surface area contributed by atoms with Gasteiger partial charge in [-0.1, -0.05) is 26.0 Å². The fourth-order valence-electron chi connectivity index (χ4n) is 5.39. The molecular weight excluding hydrogens is 224 g/mol. The second-order valence-electron chi connectivity index (χ2n) is 7.67.